The molecule has 17 heavy (non-hydrogen) atoms. The van der Waals surface area contributed by atoms with Gasteiger partial charge in [0, 0.05) is 19.7 Å². The van der Waals surface area contributed by atoms with Gasteiger partial charge in [0.1, 0.15) is 0 Å². The number of aliphatic imine (C=N–C) groups is 1. The molecule has 0 saturated heterocycles. The molecule has 0 spiro atoms. The van der Waals surface area contributed by atoms with Crippen molar-refractivity contribution in [1.82, 2.24) is 5.32 Å². The third kappa shape index (κ3) is 8.98. The van der Waals surface area contributed by atoms with E-state index < -0.39 is 0 Å². The highest BCUT2D eigenvalue weighted by Gasteiger charge is 2.06. The molecule has 4 nitrogen and oxygen atoms in total. The first-order chi connectivity index (χ1) is 8.13. The summed E-state index contributed by atoms with van der Waals surface area (Å²) in [5, 5.41) is 3.12. The lowest BCUT2D eigenvalue weighted by Crippen LogP contribution is -2.41. The van der Waals surface area contributed by atoms with Gasteiger partial charge in [0.05, 0.1) is 6.61 Å². The molecule has 0 aliphatic rings. The lowest BCUT2D eigenvalue weighted by Gasteiger charge is -2.15. The maximum Gasteiger partial charge on any atom is 0.188 e. The van der Waals surface area contributed by atoms with Crippen LogP contribution in [0.25, 0.3) is 0 Å². The Hall–Kier alpha value is -0.770. The molecule has 0 aromatic carbocycles. The third-order valence-electron chi connectivity index (χ3n) is 2.87. The molecule has 0 fully saturated rings. The fraction of sp³-hybridized carbons (Fsp3) is 0.923. The van der Waals surface area contributed by atoms with Crippen LogP contribution in [-0.4, -0.2) is 32.3 Å². The van der Waals surface area contributed by atoms with Crippen LogP contribution in [0.15, 0.2) is 4.99 Å². The average Bonchev–Trinajstić information content (AvgIpc) is 2.29. The molecule has 2 unspecified atom stereocenters. The summed E-state index contributed by atoms with van der Waals surface area (Å²) in [5.74, 6) is 1.19. The Bertz CT molecular complexity index is 207. The first-order valence-electron chi connectivity index (χ1n) is 6.69. The standard InChI is InChI=1S/C13H29N3O/c1-5-7-8-12(6-2)9-15-13(14)16-11(3)10-17-4/h11-12H,5-10H2,1-4H3,(H3,14,15,16). The van der Waals surface area contributed by atoms with E-state index in [0.717, 1.165) is 6.54 Å². The van der Waals surface area contributed by atoms with Crippen LogP contribution in [0.2, 0.25) is 0 Å². The predicted molar refractivity (Wildman–Crippen MR) is 74.3 cm³/mol. The van der Waals surface area contributed by atoms with Gasteiger partial charge in [-0.3, -0.25) is 4.99 Å². The summed E-state index contributed by atoms with van der Waals surface area (Å²) in [7, 11) is 1.68. The van der Waals surface area contributed by atoms with Crippen LogP contribution in [0, 0.1) is 5.92 Å². The van der Waals surface area contributed by atoms with Gasteiger partial charge in [-0.15, -0.1) is 0 Å². The van der Waals surface area contributed by atoms with Crippen LogP contribution in [0.5, 0.6) is 0 Å². The van der Waals surface area contributed by atoms with Crippen LogP contribution < -0.4 is 11.1 Å². The van der Waals surface area contributed by atoms with Gasteiger partial charge in [0.2, 0.25) is 0 Å². The molecule has 0 aliphatic carbocycles. The first-order valence-corrected chi connectivity index (χ1v) is 6.69. The van der Waals surface area contributed by atoms with Gasteiger partial charge in [-0.2, -0.15) is 0 Å². The number of ether oxygens (including phenoxy) is 1. The fourth-order valence-corrected chi connectivity index (χ4v) is 1.73. The maximum absolute atomic E-state index is 5.82. The minimum Gasteiger partial charge on any atom is -0.383 e. The van der Waals surface area contributed by atoms with Gasteiger partial charge in [0.25, 0.3) is 0 Å². The molecule has 4 heteroatoms. The Kier molecular flexibility index (Phi) is 9.92. The number of hydrogen-bond donors (Lipinski definition) is 2. The summed E-state index contributed by atoms with van der Waals surface area (Å²) in [6.45, 7) is 7.93. The second-order valence-electron chi connectivity index (χ2n) is 4.64. The van der Waals surface area contributed by atoms with Gasteiger partial charge < -0.3 is 15.8 Å². The molecule has 0 aliphatic heterocycles. The first kappa shape index (κ1) is 16.2. The largest absolute Gasteiger partial charge is 0.383 e. The number of nitrogens with one attached hydrogen (secondary N) is 1. The van der Waals surface area contributed by atoms with Crippen molar-refractivity contribution in [3.05, 3.63) is 0 Å². The van der Waals surface area contributed by atoms with E-state index in [0.29, 0.717) is 18.5 Å². The van der Waals surface area contributed by atoms with Crippen molar-refractivity contribution >= 4 is 5.96 Å². The number of nitrogens with two attached hydrogens (primary N) is 1. The smallest absolute Gasteiger partial charge is 0.188 e. The van der Waals surface area contributed by atoms with Gasteiger partial charge >= 0.3 is 0 Å². The lowest BCUT2D eigenvalue weighted by atomic mass is 10.00. The maximum atomic E-state index is 5.82. The lowest BCUT2D eigenvalue weighted by molar-refractivity contribution is 0.179. The average molecular weight is 243 g/mol. The molecule has 0 saturated carbocycles. The summed E-state index contributed by atoms with van der Waals surface area (Å²) in [6, 6.07) is 0.208. The van der Waals surface area contributed by atoms with E-state index >= 15 is 0 Å². The summed E-state index contributed by atoms with van der Waals surface area (Å²) < 4.78 is 5.03. The highest BCUT2D eigenvalue weighted by atomic mass is 16.5. The third-order valence-corrected chi connectivity index (χ3v) is 2.87. The monoisotopic (exact) mass is 243 g/mol. The summed E-state index contributed by atoms with van der Waals surface area (Å²) in [6.07, 6.45) is 4.95. The Balaban J connectivity index is 3.93. The van der Waals surface area contributed by atoms with Crippen molar-refractivity contribution in [1.29, 1.82) is 0 Å². The van der Waals surface area contributed by atoms with Gasteiger partial charge in [-0.05, 0) is 19.3 Å². The van der Waals surface area contributed by atoms with Crippen molar-refractivity contribution in [2.24, 2.45) is 16.6 Å². The second kappa shape index (κ2) is 10.4. The number of rotatable bonds is 9. The van der Waals surface area contributed by atoms with Gasteiger partial charge in [0.15, 0.2) is 5.96 Å². The van der Waals surface area contributed by atoms with E-state index in [9.17, 15) is 0 Å². The molecule has 3 N–H and O–H groups in total. The van der Waals surface area contributed by atoms with E-state index in [2.05, 4.69) is 24.2 Å². The number of guanidine groups is 1. The molecule has 0 amide bonds. The molecular formula is C13H29N3O. The van der Waals surface area contributed by atoms with Crippen molar-refractivity contribution in [2.45, 2.75) is 52.5 Å². The van der Waals surface area contributed by atoms with Crippen LogP contribution >= 0.6 is 0 Å². The summed E-state index contributed by atoms with van der Waals surface area (Å²) >= 11 is 0. The van der Waals surface area contributed by atoms with E-state index in [1.807, 2.05) is 6.92 Å². The van der Waals surface area contributed by atoms with Crippen molar-refractivity contribution in [2.75, 3.05) is 20.3 Å². The Labute approximate surface area is 106 Å². The quantitative estimate of drug-likeness (QED) is 0.482. The van der Waals surface area contributed by atoms with Crippen LogP contribution in [-0.2, 0) is 4.74 Å². The number of unbranched alkanes of at least 4 members (excludes halogenated alkanes) is 1. The minimum absolute atomic E-state index is 0.208. The fourth-order valence-electron chi connectivity index (χ4n) is 1.73. The van der Waals surface area contributed by atoms with Crippen molar-refractivity contribution in [3.8, 4) is 0 Å². The number of hydrogen-bond acceptors (Lipinski definition) is 2. The highest BCUT2D eigenvalue weighted by molar-refractivity contribution is 5.78. The van der Waals surface area contributed by atoms with E-state index in [-0.39, 0.29) is 6.04 Å². The molecular weight excluding hydrogens is 214 g/mol. The molecule has 102 valence electrons. The summed E-state index contributed by atoms with van der Waals surface area (Å²) in [4.78, 5) is 4.40. The molecule has 2 atom stereocenters. The molecule has 0 aromatic rings. The second-order valence-corrected chi connectivity index (χ2v) is 4.64. The number of methoxy groups -OCH3 is 1. The van der Waals surface area contributed by atoms with Crippen LogP contribution in [0.1, 0.15) is 46.5 Å². The zero-order chi connectivity index (χ0) is 13.1. The predicted octanol–water partition coefficient (Wildman–Crippen LogP) is 2.14. The topological polar surface area (TPSA) is 59.6 Å². The molecule has 0 radical (unpaired) electrons. The van der Waals surface area contributed by atoms with Crippen molar-refractivity contribution in [3.63, 3.8) is 0 Å². The zero-order valence-corrected chi connectivity index (χ0v) is 11.8. The zero-order valence-electron chi connectivity index (χ0n) is 11.8. The van der Waals surface area contributed by atoms with Gasteiger partial charge in [-0.1, -0.05) is 33.1 Å². The van der Waals surface area contributed by atoms with E-state index in [4.69, 9.17) is 10.5 Å². The normalized spacial score (nSPS) is 15.6. The molecule has 0 aromatic heterocycles. The van der Waals surface area contributed by atoms with Crippen molar-refractivity contribution < 1.29 is 4.74 Å². The minimum atomic E-state index is 0.208. The Morgan fingerprint density at radius 2 is 2.12 bits per heavy atom. The van der Waals surface area contributed by atoms with E-state index in [1.165, 1.54) is 25.7 Å². The van der Waals surface area contributed by atoms with Crippen LogP contribution in [0.4, 0.5) is 0 Å². The molecule has 0 bridgehead atoms. The summed E-state index contributed by atoms with van der Waals surface area (Å²) in [5.41, 5.74) is 5.82. The Morgan fingerprint density at radius 3 is 2.65 bits per heavy atom. The molecule has 0 heterocycles. The van der Waals surface area contributed by atoms with Crippen LogP contribution in [0.3, 0.4) is 0 Å². The Morgan fingerprint density at radius 1 is 1.41 bits per heavy atom. The highest BCUT2D eigenvalue weighted by Crippen LogP contribution is 2.12. The molecule has 0 rings (SSSR count). The number of nitrogens with zero attached hydrogens (tertiary/aromatic N) is 1. The van der Waals surface area contributed by atoms with Gasteiger partial charge in [-0.25, -0.2) is 0 Å². The SMILES string of the molecule is CCCCC(CC)CN=C(N)NC(C)COC. The van der Waals surface area contributed by atoms with E-state index in [1.54, 1.807) is 7.11 Å².